The minimum Gasteiger partial charge on any atom is -0.552 e. The van der Waals surface area contributed by atoms with Crippen molar-refractivity contribution in [2.75, 3.05) is 7.11 Å². The van der Waals surface area contributed by atoms with Gasteiger partial charge in [0.15, 0.2) is 0 Å². The summed E-state index contributed by atoms with van der Waals surface area (Å²) in [5.74, 6) is 0.331. The molecule has 0 aliphatic carbocycles. The molecule has 0 N–H and O–H groups in total. The molecule has 0 heterocycles. The van der Waals surface area contributed by atoms with Crippen LogP contribution in [-0.2, 0) is 10.2 Å². The van der Waals surface area contributed by atoms with E-state index in [1.807, 2.05) is 13.0 Å². The lowest BCUT2D eigenvalue weighted by Gasteiger charge is -2.26. The summed E-state index contributed by atoms with van der Waals surface area (Å²) in [6.45, 7) is 8.37. The predicted molar refractivity (Wildman–Crippen MR) is 71.8 cm³/mol. The van der Waals surface area contributed by atoms with Crippen molar-refractivity contribution in [1.29, 1.82) is 0 Å². The standard InChI is InChI=1S/C13H20O3Si/c1-8-6-7-9(12(14)15-5)11(16-17)10(8)13(2,3)4/h6-7H,1-5,17H3. The van der Waals surface area contributed by atoms with Crippen LogP contribution in [0.4, 0.5) is 0 Å². The van der Waals surface area contributed by atoms with E-state index in [9.17, 15) is 4.79 Å². The molecule has 0 atom stereocenters. The molecule has 0 radical (unpaired) electrons. The summed E-state index contributed by atoms with van der Waals surface area (Å²) < 4.78 is 10.3. The molecule has 94 valence electrons. The lowest BCUT2D eigenvalue weighted by atomic mass is 9.82. The molecule has 3 nitrogen and oxygen atoms in total. The van der Waals surface area contributed by atoms with E-state index in [0.29, 0.717) is 21.8 Å². The van der Waals surface area contributed by atoms with Crippen LogP contribution in [0.25, 0.3) is 0 Å². The second-order valence-corrected chi connectivity index (χ2v) is 5.49. The van der Waals surface area contributed by atoms with Crippen molar-refractivity contribution >= 4 is 16.5 Å². The maximum atomic E-state index is 11.7. The van der Waals surface area contributed by atoms with Crippen LogP contribution in [0.2, 0.25) is 0 Å². The quantitative estimate of drug-likeness (QED) is 0.594. The van der Waals surface area contributed by atoms with Gasteiger partial charge < -0.3 is 9.16 Å². The van der Waals surface area contributed by atoms with E-state index in [1.165, 1.54) is 7.11 Å². The normalized spacial score (nSPS) is 11.4. The molecule has 0 aliphatic rings. The molecule has 0 aromatic heterocycles. The van der Waals surface area contributed by atoms with Crippen LogP contribution in [0.3, 0.4) is 0 Å². The summed E-state index contributed by atoms with van der Waals surface area (Å²) in [4.78, 5) is 11.7. The molecule has 0 saturated carbocycles. The van der Waals surface area contributed by atoms with Crippen LogP contribution in [0.15, 0.2) is 12.1 Å². The molecule has 0 aliphatic heterocycles. The third-order valence-corrected chi connectivity index (χ3v) is 3.13. The molecule has 0 unspecified atom stereocenters. The van der Waals surface area contributed by atoms with Crippen molar-refractivity contribution in [3.05, 3.63) is 28.8 Å². The maximum absolute atomic E-state index is 11.7. The summed E-state index contributed by atoms with van der Waals surface area (Å²) in [6.07, 6.45) is 0. The summed E-state index contributed by atoms with van der Waals surface area (Å²) in [5, 5.41) is 0. The summed E-state index contributed by atoms with van der Waals surface area (Å²) >= 11 is 0. The molecule has 1 aromatic rings. The largest absolute Gasteiger partial charge is 0.552 e. The third-order valence-electron chi connectivity index (χ3n) is 2.73. The third kappa shape index (κ3) is 2.69. The van der Waals surface area contributed by atoms with Gasteiger partial charge in [-0.3, -0.25) is 0 Å². The first-order valence-corrected chi connectivity index (χ1v) is 6.41. The van der Waals surface area contributed by atoms with Crippen LogP contribution in [-0.4, -0.2) is 23.6 Å². The molecule has 0 bridgehead atoms. The Morgan fingerprint density at radius 1 is 1.29 bits per heavy atom. The molecule has 0 spiro atoms. The maximum Gasteiger partial charge on any atom is 0.341 e. The van der Waals surface area contributed by atoms with Crippen LogP contribution in [0, 0.1) is 6.92 Å². The predicted octanol–water partition coefficient (Wildman–Crippen LogP) is 1.74. The van der Waals surface area contributed by atoms with Gasteiger partial charge in [0.05, 0.1) is 7.11 Å². The number of esters is 1. The number of hydrogen-bond acceptors (Lipinski definition) is 3. The summed E-state index contributed by atoms with van der Waals surface area (Å²) in [7, 11) is 1.93. The molecule has 4 heteroatoms. The zero-order valence-electron chi connectivity index (χ0n) is 11.4. The Morgan fingerprint density at radius 2 is 1.88 bits per heavy atom. The molecule has 17 heavy (non-hydrogen) atoms. The Kier molecular flexibility index (Phi) is 3.98. The van der Waals surface area contributed by atoms with Crippen LogP contribution >= 0.6 is 0 Å². The second kappa shape index (κ2) is 4.92. The number of hydrogen-bond donors (Lipinski definition) is 0. The van der Waals surface area contributed by atoms with E-state index in [0.717, 1.165) is 11.1 Å². The molecule has 0 amide bonds. The molecular weight excluding hydrogens is 232 g/mol. The van der Waals surface area contributed by atoms with Crippen molar-refractivity contribution in [3.8, 4) is 5.75 Å². The number of methoxy groups -OCH3 is 1. The average molecular weight is 252 g/mol. The Bertz CT molecular complexity index is 433. The first-order chi connectivity index (χ1) is 7.82. The lowest BCUT2D eigenvalue weighted by Crippen LogP contribution is -2.17. The highest BCUT2D eigenvalue weighted by molar-refractivity contribution is 6.02. The summed E-state index contributed by atoms with van der Waals surface area (Å²) in [5.41, 5.74) is 2.66. The van der Waals surface area contributed by atoms with Gasteiger partial charge >= 0.3 is 5.97 Å². The van der Waals surface area contributed by atoms with Crippen LogP contribution in [0.1, 0.15) is 42.3 Å². The van der Waals surface area contributed by atoms with Gasteiger partial charge in [0.2, 0.25) is 10.5 Å². The highest BCUT2D eigenvalue weighted by Crippen LogP contribution is 2.36. The van der Waals surface area contributed by atoms with Gasteiger partial charge in [-0.2, -0.15) is 0 Å². The lowest BCUT2D eigenvalue weighted by molar-refractivity contribution is 0.0598. The van der Waals surface area contributed by atoms with Gasteiger partial charge in [-0.1, -0.05) is 26.8 Å². The molecule has 1 aromatic carbocycles. The minimum absolute atomic E-state index is 0.0616. The smallest absolute Gasteiger partial charge is 0.341 e. The summed E-state index contributed by atoms with van der Waals surface area (Å²) in [6, 6.07) is 3.71. The van der Waals surface area contributed by atoms with E-state index < -0.39 is 0 Å². The number of carbonyl (C=O) groups is 1. The fourth-order valence-electron chi connectivity index (χ4n) is 2.10. The average Bonchev–Trinajstić information content (AvgIpc) is 2.25. The van der Waals surface area contributed by atoms with Crippen molar-refractivity contribution in [2.45, 2.75) is 33.1 Å². The number of aryl methyl sites for hydroxylation is 1. The van der Waals surface area contributed by atoms with Crippen LogP contribution in [0.5, 0.6) is 5.75 Å². The minimum atomic E-state index is -0.346. The topological polar surface area (TPSA) is 35.5 Å². The Hall–Kier alpha value is -1.29. The van der Waals surface area contributed by atoms with E-state index in [1.54, 1.807) is 6.07 Å². The van der Waals surface area contributed by atoms with Crippen molar-refractivity contribution in [2.24, 2.45) is 0 Å². The zero-order chi connectivity index (χ0) is 13.2. The fourth-order valence-corrected chi connectivity index (χ4v) is 2.52. The van der Waals surface area contributed by atoms with Gasteiger partial charge in [-0.05, 0) is 24.0 Å². The van der Waals surface area contributed by atoms with E-state index in [-0.39, 0.29) is 11.4 Å². The first-order valence-electron chi connectivity index (χ1n) is 5.59. The molecule has 0 fully saturated rings. The Morgan fingerprint density at radius 3 is 2.29 bits per heavy atom. The van der Waals surface area contributed by atoms with E-state index in [4.69, 9.17) is 9.16 Å². The second-order valence-electron chi connectivity index (χ2n) is 5.08. The van der Waals surface area contributed by atoms with Crippen molar-refractivity contribution in [1.82, 2.24) is 0 Å². The number of carbonyl (C=O) groups excluding carboxylic acids is 1. The monoisotopic (exact) mass is 252 g/mol. The Labute approximate surface area is 106 Å². The highest BCUT2D eigenvalue weighted by atomic mass is 28.2. The Balaban J connectivity index is 3.53. The molecule has 0 saturated heterocycles. The number of benzene rings is 1. The van der Waals surface area contributed by atoms with Crippen LogP contribution < -0.4 is 4.43 Å². The van der Waals surface area contributed by atoms with Gasteiger partial charge in [0.1, 0.15) is 11.3 Å². The highest BCUT2D eigenvalue weighted by Gasteiger charge is 2.25. The van der Waals surface area contributed by atoms with E-state index in [2.05, 4.69) is 20.8 Å². The molecular formula is C13H20O3Si. The fraction of sp³-hybridized carbons (Fsp3) is 0.462. The van der Waals surface area contributed by atoms with Gasteiger partial charge in [-0.15, -0.1) is 0 Å². The SMILES string of the molecule is COC(=O)c1ccc(C)c(C(C)(C)C)c1O[SiH3]. The number of ether oxygens (including phenoxy) is 1. The van der Waals surface area contributed by atoms with Crippen molar-refractivity contribution < 1.29 is 14.0 Å². The van der Waals surface area contributed by atoms with Gasteiger partial charge in [0, 0.05) is 5.56 Å². The first kappa shape index (κ1) is 13.8. The van der Waals surface area contributed by atoms with Gasteiger partial charge in [-0.25, -0.2) is 4.79 Å². The van der Waals surface area contributed by atoms with Crippen molar-refractivity contribution in [3.63, 3.8) is 0 Å². The molecule has 1 rings (SSSR count). The number of rotatable bonds is 2. The zero-order valence-corrected chi connectivity index (χ0v) is 13.4. The van der Waals surface area contributed by atoms with E-state index >= 15 is 0 Å². The van der Waals surface area contributed by atoms with Gasteiger partial charge in [0.25, 0.3) is 0 Å².